The Hall–Kier alpha value is -1.85. The lowest BCUT2D eigenvalue weighted by atomic mass is 9.92. The van der Waals surface area contributed by atoms with Gasteiger partial charge < -0.3 is 15.0 Å². The maximum atomic E-state index is 13.0. The maximum Gasteiger partial charge on any atom is 0.274 e. The topological polar surface area (TPSA) is 69.2 Å². The van der Waals surface area contributed by atoms with Crippen LogP contribution in [0.1, 0.15) is 42.9 Å². The highest BCUT2D eigenvalue weighted by Gasteiger charge is 2.31. The lowest BCUT2D eigenvalue weighted by molar-refractivity contribution is 0.0509. The maximum absolute atomic E-state index is 13.0. The highest BCUT2D eigenvalue weighted by atomic mass is 35.5. The van der Waals surface area contributed by atoms with E-state index in [0.717, 1.165) is 24.1 Å². The third kappa shape index (κ3) is 3.72. The number of benzene rings is 1. The number of hydrogen-bond donors (Lipinski definition) is 2. The zero-order chi connectivity index (χ0) is 18.0. The average molecular weight is 362 g/mol. The predicted molar refractivity (Wildman–Crippen MR) is 98.7 cm³/mol. The number of piperidine rings is 1. The van der Waals surface area contributed by atoms with Crippen LogP contribution in [0.15, 0.2) is 24.3 Å². The summed E-state index contributed by atoms with van der Waals surface area (Å²) in [7, 11) is 0. The summed E-state index contributed by atoms with van der Waals surface area (Å²) < 4.78 is 0. The SMILES string of the molecule is CCc1[nH]c(-c2ccc(Cl)cc2)nc1C(=O)N1CC[C@H](CO)C[C@@H]1C. The van der Waals surface area contributed by atoms with Gasteiger partial charge in [0.25, 0.3) is 5.91 Å². The van der Waals surface area contributed by atoms with Crippen molar-refractivity contribution < 1.29 is 9.90 Å². The van der Waals surface area contributed by atoms with Gasteiger partial charge in [-0.1, -0.05) is 18.5 Å². The fraction of sp³-hybridized carbons (Fsp3) is 0.474. The number of nitrogens with zero attached hydrogens (tertiary/aromatic N) is 2. The second-order valence-corrected chi connectivity index (χ2v) is 7.13. The number of aliphatic hydroxyl groups is 1. The van der Waals surface area contributed by atoms with E-state index in [1.807, 2.05) is 43.0 Å². The van der Waals surface area contributed by atoms with E-state index in [0.29, 0.717) is 29.5 Å². The first-order valence-electron chi connectivity index (χ1n) is 8.80. The van der Waals surface area contributed by atoms with Crippen molar-refractivity contribution >= 4 is 17.5 Å². The molecule has 2 aromatic rings. The monoisotopic (exact) mass is 361 g/mol. The number of rotatable bonds is 4. The van der Waals surface area contributed by atoms with Gasteiger partial charge in [0.1, 0.15) is 11.5 Å². The van der Waals surface area contributed by atoms with Crippen LogP contribution in [-0.2, 0) is 6.42 Å². The standard InChI is InChI=1S/C19H24ClN3O2/c1-3-16-17(19(25)23-9-8-13(11-24)10-12(23)2)22-18(21-16)14-4-6-15(20)7-5-14/h4-7,12-13,24H,3,8-11H2,1-2H3,(H,21,22)/t12-,13-/m0/s1. The van der Waals surface area contributed by atoms with Crippen LogP contribution in [-0.4, -0.2) is 45.1 Å². The van der Waals surface area contributed by atoms with Crippen molar-refractivity contribution in [3.63, 3.8) is 0 Å². The molecule has 3 rings (SSSR count). The molecule has 0 spiro atoms. The Kier molecular flexibility index (Phi) is 5.45. The molecule has 0 radical (unpaired) electrons. The second-order valence-electron chi connectivity index (χ2n) is 6.69. The number of H-pyrrole nitrogens is 1. The summed E-state index contributed by atoms with van der Waals surface area (Å²) in [6, 6.07) is 7.52. The molecule has 1 aromatic carbocycles. The fourth-order valence-electron chi connectivity index (χ4n) is 3.46. The number of aromatic nitrogens is 2. The van der Waals surface area contributed by atoms with Gasteiger partial charge in [-0.25, -0.2) is 4.98 Å². The van der Waals surface area contributed by atoms with Crippen LogP contribution >= 0.6 is 11.6 Å². The Morgan fingerprint density at radius 3 is 2.72 bits per heavy atom. The Labute approximate surface area is 153 Å². The predicted octanol–water partition coefficient (Wildman–Crippen LogP) is 3.53. The highest BCUT2D eigenvalue weighted by Crippen LogP contribution is 2.26. The van der Waals surface area contributed by atoms with E-state index in [2.05, 4.69) is 9.97 Å². The molecule has 1 aliphatic heterocycles. The molecular formula is C19H24ClN3O2. The largest absolute Gasteiger partial charge is 0.396 e. The van der Waals surface area contributed by atoms with Gasteiger partial charge in [0, 0.05) is 35.5 Å². The molecule has 1 saturated heterocycles. The minimum Gasteiger partial charge on any atom is -0.396 e. The first-order valence-corrected chi connectivity index (χ1v) is 9.17. The van der Waals surface area contributed by atoms with E-state index in [1.54, 1.807) is 0 Å². The molecule has 0 aliphatic carbocycles. The highest BCUT2D eigenvalue weighted by molar-refractivity contribution is 6.30. The number of aliphatic hydroxyl groups excluding tert-OH is 1. The molecule has 25 heavy (non-hydrogen) atoms. The normalized spacial score (nSPS) is 20.7. The third-order valence-corrected chi connectivity index (χ3v) is 5.21. The first-order chi connectivity index (χ1) is 12.0. The summed E-state index contributed by atoms with van der Waals surface area (Å²) in [6.07, 6.45) is 2.38. The van der Waals surface area contributed by atoms with Crippen LogP contribution < -0.4 is 0 Å². The lowest BCUT2D eigenvalue weighted by Crippen LogP contribution is -2.45. The van der Waals surface area contributed by atoms with E-state index in [1.165, 1.54) is 0 Å². The van der Waals surface area contributed by atoms with Gasteiger partial charge in [0.15, 0.2) is 0 Å². The third-order valence-electron chi connectivity index (χ3n) is 4.96. The molecule has 5 nitrogen and oxygen atoms in total. The molecule has 6 heteroatoms. The van der Waals surface area contributed by atoms with Crippen molar-refractivity contribution in [2.24, 2.45) is 5.92 Å². The van der Waals surface area contributed by atoms with Gasteiger partial charge in [-0.2, -0.15) is 0 Å². The number of halogens is 1. The molecule has 2 atom stereocenters. The number of carbonyl (C=O) groups excluding carboxylic acids is 1. The number of hydrogen-bond acceptors (Lipinski definition) is 3. The van der Waals surface area contributed by atoms with Gasteiger partial charge in [-0.3, -0.25) is 4.79 Å². The molecule has 2 N–H and O–H groups in total. The zero-order valence-electron chi connectivity index (χ0n) is 14.6. The van der Waals surface area contributed by atoms with E-state index >= 15 is 0 Å². The zero-order valence-corrected chi connectivity index (χ0v) is 15.4. The van der Waals surface area contributed by atoms with Crippen molar-refractivity contribution in [3.05, 3.63) is 40.7 Å². The van der Waals surface area contributed by atoms with E-state index in [9.17, 15) is 9.90 Å². The quantitative estimate of drug-likeness (QED) is 0.875. The summed E-state index contributed by atoms with van der Waals surface area (Å²) in [6.45, 7) is 4.91. The van der Waals surface area contributed by atoms with Crippen molar-refractivity contribution in [2.45, 2.75) is 39.2 Å². The number of likely N-dealkylation sites (tertiary alicyclic amines) is 1. The van der Waals surface area contributed by atoms with Gasteiger partial charge in [-0.15, -0.1) is 0 Å². The number of nitrogens with one attached hydrogen (secondary N) is 1. The van der Waals surface area contributed by atoms with Crippen molar-refractivity contribution in [2.75, 3.05) is 13.2 Å². The molecule has 1 fully saturated rings. The minimum atomic E-state index is -0.0304. The van der Waals surface area contributed by atoms with Crippen molar-refractivity contribution in [1.29, 1.82) is 0 Å². The second kappa shape index (κ2) is 7.58. The van der Waals surface area contributed by atoms with Crippen molar-refractivity contribution in [1.82, 2.24) is 14.9 Å². The number of imidazole rings is 1. The molecule has 2 heterocycles. The summed E-state index contributed by atoms with van der Waals surface area (Å²) >= 11 is 5.95. The Morgan fingerprint density at radius 1 is 1.40 bits per heavy atom. The number of aromatic amines is 1. The van der Waals surface area contributed by atoms with Crippen molar-refractivity contribution in [3.8, 4) is 11.4 Å². The Balaban J connectivity index is 1.86. The van der Waals surface area contributed by atoms with Gasteiger partial charge in [-0.05, 0) is 56.4 Å². The molecule has 0 bridgehead atoms. The first kappa shape index (κ1) is 18.0. The number of carbonyl (C=O) groups is 1. The van der Waals surface area contributed by atoms with E-state index in [-0.39, 0.29) is 24.5 Å². The van der Waals surface area contributed by atoms with E-state index in [4.69, 9.17) is 11.6 Å². The summed E-state index contributed by atoms with van der Waals surface area (Å²) in [5.74, 6) is 0.945. The van der Waals surface area contributed by atoms with Gasteiger partial charge >= 0.3 is 0 Å². The van der Waals surface area contributed by atoms with E-state index < -0.39 is 0 Å². The summed E-state index contributed by atoms with van der Waals surface area (Å²) in [5, 5.41) is 10.0. The molecule has 0 saturated carbocycles. The Morgan fingerprint density at radius 2 is 2.12 bits per heavy atom. The van der Waals surface area contributed by atoms with Gasteiger partial charge in [0.05, 0.1) is 0 Å². The molecular weight excluding hydrogens is 338 g/mol. The molecule has 1 amide bonds. The smallest absolute Gasteiger partial charge is 0.274 e. The lowest BCUT2D eigenvalue weighted by Gasteiger charge is -2.36. The molecule has 134 valence electrons. The van der Waals surface area contributed by atoms with Crippen LogP contribution in [0.4, 0.5) is 0 Å². The van der Waals surface area contributed by atoms with Crippen LogP contribution in [0.5, 0.6) is 0 Å². The number of aryl methyl sites for hydroxylation is 1. The number of amides is 1. The van der Waals surface area contributed by atoms with Gasteiger partial charge in [0.2, 0.25) is 0 Å². The Bertz CT molecular complexity index is 742. The fourth-order valence-corrected chi connectivity index (χ4v) is 3.59. The summed E-state index contributed by atoms with van der Waals surface area (Å²) in [5.41, 5.74) is 2.26. The molecule has 0 unspecified atom stereocenters. The minimum absolute atomic E-state index is 0.0304. The van der Waals surface area contributed by atoms with Crippen LogP contribution in [0.2, 0.25) is 5.02 Å². The summed E-state index contributed by atoms with van der Waals surface area (Å²) in [4.78, 5) is 22.8. The van der Waals surface area contributed by atoms with Crippen LogP contribution in [0, 0.1) is 5.92 Å². The van der Waals surface area contributed by atoms with Crippen LogP contribution in [0.25, 0.3) is 11.4 Å². The molecule has 1 aliphatic rings. The van der Waals surface area contributed by atoms with Crippen LogP contribution in [0.3, 0.4) is 0 Å². The average Bonchev–Trinajstić information content (AvgIpc) is 3.06. The molecule has 1 aromatic heterocycles.